The van der Waals surface area contributed by atoms with E-state index in [1.807, 2.05) is 6.92 Å². The maximum Gasteiger partial charge on any atom is 0.416 e. The first-order valence-corrected chi connectivity index (χ1v) is 13.7. The van der Waals surface area contributed by atoms with Gasteiger partial charge in [-0.3, -0.25) is 14.5 Å². The van der Waals surface area contributed by atoms with Crippen molar-refractivity contribution in [3.8, 4) is 0 Å². The van der Waals surface area contributed by atoms with Crippen molar-refractivity contribution in [3.63, 3.8) is 0 Å². The zero-order chi connectivity index (χ0) is 28.0. The van der Waals surface area contributed by atoms with Crippen molar-refractivity contribution in [1.29, 1.82) is 0 Å². The van der Waals surface area contributed by atoms with Gasteiger partial charge in [-0.05, 0) is 61.0 Å². The van der Waals surface area contributed by atoms with E-state index in [9.17, 15) is 26.4 Å². The number of fused-ring (bicyclic) bond motifs is 1. The van der Waals surface area contributed by atoms with E-state index in [-0.39, 0.29) is 10.8 Å². The molecule has 4 rings (SSSR count). The van der Waals surface area contributed by atoms with E-state index < -0.39 is 21.8 Å². The van der Waals surface area contributed by atoms with Gasteiger partial charge in [0.2, 0.25) is 0 Å². The average molecular weight is 557 g/mol. The number of hydrogen-bond donors (Lipinski definition) is 2. The smallest absolute Gasteiger partial charge is 0.338 e. The lowest BCUT2D eigenvalue weighted by atomic mass is 10.1. The molecule has 0 atom stereocenters. The number of carbonyl (C=O) groups excluding carboxylic acids is 1. The fraction of sp³-hybridized carbons (Fsp3) is 0.214. The largest absolute Gasteiger partial charge is 0.416 e. The number of alkyl halides is 3. The van der Waals surface area contributed by atoms with Crippen LogP contribution in [0.25, 0.3) is 10.9 Å². The lowest BCUT2D eigenvalue weighted by Gasteiger charge is -2.21. The Balaban J connectivity index is 1.33. The molecule has 1 amide bonds. The van der Waals surface area contributed by atoms with Crippen molar-refractivity contribution in [1.82, 2.24) is 15.2 Å². The molecule has 1 heterocycles. The number of para-hydroxylation sites is 1. The highest BCUT2D eigenvalue weighted by atomic mass is 32.2. The highest BCUT2D eigenvalue weighted by Crippen LogP contribution is 2.29. The normalized spacial score (nSPS) is 11.9. The molecule has 0 aliphatic carbocycles. The van der Waals surface area contributed by atoms with Crippen LogP contribution in [0.4, 0.5) is 18.9 Å². The third-order valence-electron chi connectivity index (χ3n) is 6.11. The zero-order valence-corrected chi connectivity index (χ0v) is 21.9. The van der Waals surface area contributed by atoms with Gasteiger partial charge in [-0.1, -0.05) is 30.3 Å². The number of hydrogen-bond acceptors (Lipinski definition) is 5. The zero-order valence-electron chi connectivity index (χ0n) is 21.1. The van der Waals surface area contributed by atoms with E-state index in [0.29, 0.717) is 53.9 Å². The highest BCUT2D eigenvalue weighted by molar-refractivity contribution is 7.93. The number of rotatable bonds is 10. The molecule has 0 spiro atoms. The summed E-state index contributed by atoms with van der Waals surface area (Å²) in [6.45, 7) is 3.48. The van der Waals surface area contributed by atoms with Gasteiger partial charge >= 0.3 is 6.18 Å². The number of nitrogens with zero attached hydrogens (tertiary/aromatic N) is 2. The van der Waals surface area contributed by atoms with E-state index in [0.717, 1.165) is 12.1 Å². The summed E-state index contributed by atoms with van der Waals surface area (Å²) in [6.07, 6.45) is -2.84. The summed E-state index contributed by atoms with van der Waals surface area (Å²) >= 11 is 0. The number of likely N-dealkylation sites (N-methyl/N-ethyl adjacent to an activating group) is 1. The second kappa shape index (κ2) is 11.8. The molecule has 0 radical (unpaired) electrons. The van der Waals surface area contributed by atoms with Crippen molar-refractivity contribution in [2.45, 2.75) is 24.5 Å². The standard InChI is InChI=1S/C28H27F3N4O3S/c1-2-35(18-17-32-19-20-8-12-23(13-9-20)28(29,30)31)27(36)22-10-14-24(15-11-22)34-39(37,38)25-7-3-5-21-6-4-16-33-26(21)25/h3-16,32,34H,2,17-19H2,1H3. The molecule has 1 aromatic heterocycles. The number of anilines is 1. The lowest BCUT2D eigenvalue weighted by molar-refractivity contribution is -0.137. The maximum atomic E-state index is 13.0. The van der Waals surface area contributed by atoms with Crippen LogP contribution in [0.1, 0.15) is 28.4 Å². The molecule has 0 unspecified atom stereocenters. The van der Waals surface area contributed by atoms with E-state index in [2.05, 4.69) is 15.0 Å². The summed E-state index contributed by atoms with van der Waals surface area (Å²) in [4.78, 5) is 18.9. The Kier molecular flexibility index (Phi) is 8.51. The molecule has 0 saturated carbocycles. The molecule has 7 nitrogen and oxygen atoms in total. The Morgan fingerprint density at radius 2 is 1.64 bits per heavy atom. The molecule has 0 saturated heterocycles. The Hall–Kier alpha value is -3.96. The first kappa shape index (κ1) is 28.1. The van der Waals surface area contributed by atoms with E-state index in [1.54, 1.807) is 41.3 Å². The van der Waals surface area contributed by atoms with Crippen LogP contribution in [0, 0.1) is 0 Å². The minimum atomic E-state index is -4.37. The molecule has 0 bridgehead atoms. The monoisotopic (exact) mass is 556 g/mol. The number of aromatic nitrogens is 1. The van der Waals surface area contributed by atoms with Crippen LogP contribution < -0.4 is 10.0 Å². The summed E-state index contributed by atoms with van der Waals surface area (Å²) in [5.41, 5.74) is 1.08. The summed E-state index contributed by atoms with van der Waals surface area (Å²) in [5.74, 6) is -0.221. The third kappa shape index (κ3) is 6.92. The molecule has 11 heteroatoms. The molecular weight excluding hydrogens is 529 g/mol. The summed E-state index contributed by atoms with van der Waals surface area (Å²) in [6, 6.07) is 19.5. The van der Waals surface area contributed by atoms with Crippen LogP contribution in [-0.4, -0.2) is 43.8 Å². The minimum Gasteiger partial charge on any atom is -0.338 e. The summed E-state index contributed by atoms with van der Waals surface area (Å²) in [7, 11) is -3.91. The van der Waals surface area contributed by atoms with Gasteiger partial charge in [0.05, 0.1) is 11.1 Å². The van der Waals surface area contributed by atoms with Crippen molar-refractivity contribution in [2.75, 3.05) is 24.4 Å². The Labute approximate surface area is 224 Å². The molecule has 204 valence electrons. The van der Waals surface area contributed by atoms with Gasteiger partial charge in [-0.15, -0.1) is 0 Å². The first-order chi connectivity index (χ1) is 18.6. The van der Waals surface area contributed by atoms with Crippen molar-refractivity contribution < 1.29 is 26.4 Å². The molecule has 0 aliphatic rings. The Morgan fingerprint density at radius 1 is 0.949 bits per heavy atom. The van der Waals surface area contributed by atoms with Crippen LogP contribution in [0.2, 0.25) is 0 Å². The van der Waals surface area contributed by atoms with Crippen LogP contribution >= 0.6 is 0 Å². The predicted molar refractivity (Wildman–Crippen MR) is 144 cm³/mol. The fourth-order valence-electron chi connectivity index (χ4n) is 4.03. The number of carbonyl (C=O) groups is 1. The number of benzene rings is 3. The predicted octanol–water partition coefficient (Wildman–Crippen LogP) is 5.31. The topological polar surface area (TPSA) is 91.4 Å². The number of halogens is 3. The van der Waals surface area contributed by atoms with Gasteiger partial charge in [0.1, 0.15) is 4.90 Å². The van der Waals surface area contributed by atoms with Gasteiger partial charge < -0.3 is 10.2 Å². The van der Waals surface area contributed by atoms with Crippen molar-refractivity contribution >= 4 is 32.5 Å². The summed E-state index contributed by atoms with van der Waals surface area (Å²) < 4.78 is 66.7. The summed E-state index contributed by atoms with van der Waals surface area (Å²) in [5, 5.41) is 3.84. The Morgan fingerprint density at radius 3 is 2.31 bits per heavy atom. The van der Waals surface area contributed by atoms with E-state index in [1.165, 1.54) is 36.5 Å². The SMILES string of the molecule is CCN(CCNCc1ccc(C(F)(F)F)cc1)C(=O)c1ccc(NS(=O)(=O)c2cccc3cccnc23)cc1. The number of amides is 1. The average Bonchev–Trinajstić information content (AvgIpc) is 2.92. The lowest BCUT2D eigenvalue weighted by Crippen LogP contribution is -2.36. The van der Waals surface area contributed by atoms with E-state index >= 15 is 0 Å². The maximum absolute atomic E-state index is 13.0. The van der Waals surface area contributed by atoms with Gasteiger partial charge in [0, 0.05) is 49.0 Å². The number of sulfonamides is 1. The van der Waals surface area contributed by atoms with Crippen molar-refractivity contribution in [2.24, 2.45) is 0 Å². The fourth-order valence-corrected chi connectivity index (χ4v) is 5.27. The second-order valence-electron chi connectivity index (χ2n) is 8.77. The van der Waals surface area contributed by atoms with Gasteiger partial charge in [0.25, 0.3) is 15.9 Å². The second-order valence-corrected chi connectivity index (χ2v) is 10.4. The molecule has 2 N–H and O–H groups in total. The van der Waals surface area contributed by atoms with Crippen LogP contribution in [-0.2, 0) is 22.7 Å². The van der Waals surface area contributed by atoms with Gasteiger partial charge in [-0.2, -0.15) is 13.2 Å². The number of nitrogens with one attached hydrogen (secondary N) is 2. The quantitative estimate of drug-likeness (QED) is 0.259. The third-order valence-corrected chi connectivity index (χ3v) is 7.52. The van der Waals surface area contributed by atoms with Crippen LogP contribution in [0.5, 0.6) is 0 Å². The van der Waals surface area contributed by atoms with Gasteiger partial charge in [-0.25, -0.2) is 8.42 Å². The molecule has 0 aliphatic heterocycles. The molecule has 0 fully saturated rings. The van der Waals surface area contributed by atoms with Crippen LogP contribution in [0.15, 0.2) is 90.0 Å². The van der Waals surface area contributed by atoms with E-state index in [4.69, 9.17) is 0 Å². The van der Waals surface area contributed by atoms with Crippen LogP contribution in [0.3, 0.4) is 0 Å². The minimum absolute atomic E-state index is 0.0571. The first-order valence-electron chi connectivity index (χ1n) is 12.2. The molecule has 39 heavy (non-hydrogen) atoms. The Bertz CT molecular complexity index is 1540. The van der Waals surface area contributed by atoms with Gasteiger partial charge in [0.15, 0.2) is 0 Å². The van der Waals surface area contributed by atoms with Crippen molar-refractivity contribution in [3.05, 3.63) is 102 Å². The molecular formula is C28H27F3N4O3S. The highest BCUT2D eigenvalue weighted by Gasteiger charge is 2.29. The number of pyridine rings is 1. The molecule has 3 aromatic carbocycles. The molecule has 4 aromatic rings.